The van der Waals surface area contributed by atoms with Crippen LogP contribution in [0.3, 0.4) is 0 Å². The molecule has 0 bridgehead atoms. The van der Waals surface area contributed by atoms with E-state index < -0.39 is 60.4 Å². The predicted octanol–water partition coefficient (Wildman–Crippen LogP) is 22.0. The normalized spacial score (nSPS) is 10.3. The number of hydrogen-bond donors (Lipinski definition) is 2. The zero-order valence-corrected chi connectivity index (χ0v) is 80.2. The van der Waals surface area contributed by atoms with Gasteiger partial charge in [0.15, 0.2) is 29.5 Å². The third-order valence-corrected chi connectivity index (χ3v) is 23.4. The van der Waals surface area contributed by atoms with Crippen LogP contribution in [-0.2, 0) is 60.4 Å². The molecule has 0 fully saturated rings. The minimum Gasteiger partial charge on any atom is -0.496 e. The summed E-state index contributed by atoms with van der Waals surface area (Å²) in [6.07, 6.45) is 0. The minimum absolute atomic E-state index is 0.0116. The van der Waals surface area contributed by atoms with E-state index in [0.29, 0.717) is 25.8 Å². The van der Waals surface area contributed by atoms with E-state index in [9.17, 15) is 42.1 Å². The van der Waals surface area contributed by atoms with Crippen molar-refractivity contribution in [1.29, 1.82) is 0 Å². The van der Waals surface area contributed by atoms with E-state index in [4.69, 9.17) is 45.4 Å². The monoisotopic (exact) mass is 1800 g/mol. The molecule has 20 nitrogen and oxygen atoms in total. The second kappa shape index (κ2) is 55.1. The second-order valence-electron chi connectivity index (χ2n) is 28.2. The Hall–Kier alpha value is -11.1. The van der Waals surface area contributed by atoms with Crippen molar-refractivity contribution >= 4 is 60.4 Å². The van der Waals surface area contributed by atoms with E-state index in [2.05, 4.69) is 161 Å². The lowest BCUT2D eigenvalue weighted by atomic mass is 10.1. The first-order valence-corrected chi connectivity index (χ1v) is 46.4. The van der Waals surface area contributed by atoms with Gasteiger partial charge in [0.25, 0.3) is 20.2 Å². The highest BCUT2D eigenvalue weighted by atomic mass is 32.2. The highest BCUT2D eigenvalue weighted by molar-refractivity contribution is 7.94. The number of ether oxygens (including phenoxy) is 5. The number of hydrogen-bond acceptors (Lipinski definition) is 18. The lowest BCUT2D eigenvalue weighted by Gasteiger charge is -2.09. The van der Waals surface area contributed by atoms with E-state index in [-0.39, 0.29) is 9.79 Å². The molecule has 0 radical (unpaired) electrons. The van der Waals surface area contributed by atoms with Gasteiger partial charge in [-0.3, -0.25) is 9.11 Å². The van der Waals surface area contributed by atoms with E-state index in [1.807, 2.05) is 91.8 Å². The maximum absolute atomic E-state index is 11.2. The lowest BCUT2D eigenvalue weighted by Crippen LogP contribution is -2.00. The second-order valence-corrected chi connectivity index (χ2v) is 37.1. The Balaban J connectivity index is 0.00000133. The molecule has 0 aliphatic rings. The van der Waals surface area contributed by atoms with E-state index in [1.165, 1.54) is 73.3 Å². The third-order valence-electron chi connectivity index (χ3n) is 17.3. The summed E-state index contributed by atoms with van der Waals surface area (Å²) in [7, 11) is -12.5. The summed E-state index contributed by atoms with van der Waals surface area (Å²) >= 11 is 0. The summed E-state index contributed by atoms with van der Waals surface area (Å²) in [5.74, 6) is 4.74. The minimum atomic E-state index is -4.06. The van der Waals surface area contributed by atoms with Gasteiger partial charge in [0.1, 0.15) is 28.7 Å². The molecule has 0 unspecified atom stereocenters. The van der Waals surface area contributed by atoms with Crippen LogP contribution >= 0.6 is 0 Å². The van der Waals surface area contributed by atoms with Crippen LogP contribution in [0.25, 0.3) is 0 Å². The molecule has 0 spiro atoms. The van der Waals surface area contributed by atoms with Gasteiger partial charge in [-0.1, -0.05) is 204 Å². The van der Waals surface area contributed by atoms with Crippen molar-refractivity contribution in [3.8, 4) is 28.7 Å². The van der Waals surface area contributed by atoms with Gasteiger partial charge >= 0.3 is 10.6 Å². The molecule has 0 heterocycles. The predicted molar refractivity (Wildman–Crippen MR) is 500 cm³/mol. The molecule has 0 saturated carbocycles. The molecule has 123 heavy (non-hydrogen) atoms. The highest BCUT2D eigenvalue weighted by Gasteiger charge is 2.15. The molecule has 0 amide bonds. The Bertz CT molecular complexity index is 5800. The molecular formula is C97H122O20S6. The maximum atomic E-state index is 11.2. The number of methoxy groups -OCH3 is 5. The van der Waals surface area contributed by atoms with Crippen molar-refractivity contribution in [1.82, 2.24) is 0 Å². The highest BCUT2D eigenvalue weighted by Crippen LogP contribution is 2.28. The van der Waals surface area contributed by atoms with Crippen LogP contribution in [0.2, 0.25) is 0 Å². The van der Waals surface area contributed by atoms with Crippen molar-refractivity contribution in [2.75, 3.05) is 35.5 Å². The molecule has 666 valence electrons. The standard InChI is InChI=1S/C10H14O2.C10H14O.3C9H10O2S.2C9H12O.2C8H10O3S.2C8H10.O3S/c1-7-5-10(12-4)8(2)6-9(7)11-3;1-7-5-9(3)10(11-4)6-8(7)2;2*1-3-12(10,11)9-6-4-8(2)5-7-9;1-3-12(10,11)9-6-4-5-8(2)7-9;1-7-4-5-9(10-3)8(2)6-7;1-7-4-5-8(2)9(6-7)10-3;1-6-3-4-8(7(2)5-6)12(9,10)11;1-6-3-4-7(2)8(5-6)12(9,10)11;1-7-3-5-8(2)6-4-7;1-7-4-3-5-8(2)6-7;1-4(2)3/h5-6H,1-4H3;5-6H,1-4H3;3*3-7H,1H2,2H3;2*4-6H,1-3H3;2*3-5H,1-2H3,(H,9,10,11);2*3-6H,1-2H3;. The fraction of sp³-hybridized carbons (Fsp3) is 0.258. The average Bonchev–Trinajstić information content (AvgIpc) is 0.836. The van der Waals surface area contributed by atoms with Crippen LogP contribution in [0.1, 0.15) is 111 Å². The average molecular weight is 1800 g/mol. The Morgan fingerprint density at radius 2 is 0.496 bits per heavy atom. The van der Waals surface area contributed by atoms with Gasteiger partial charge in [-0.2, -0.15) is 16.8 Å². The van der Waals surface area contributed by atoms with E-state index >= 15 is 0 Å². The van der Waals surface area contributed by atoms with Crippen LogP contribution in [0, 0.1) is 138 Å². The number of aryl methyl sites for hydroxylation is 20. The Kier molecular flexibility index (Phi) is 50.2. The number of benzene rings is 11. The topological polar surface area (TPSA) is 309 Å². The Morgan fingerprint density at radius 1 is 0.236 bits per heavy atom. The molecule has 0 aliphatic heterocycles. The Morgan fingerprint density at radius 3 is 0.813 bits per heavy atom. The van der Waals surface area contributed by atoms with Crippen LogP contribution in [-0.4, -0.2) is 99.4 Å². The number of rotatable bonds is 13. The quantitative estimate of drug-likeness (QED) is 0.101. The molecule has 26 heteroatoms. The molecule has 2 N–H and O–H groups in total. The summed E-state index contributed by atoms with van der Waals surface area (Å²) in [5.41, 5.74) is 22.2. The van der Waals surface area contributed by atoms with Gasteiger partial charge in [-0.05, 0) is 284 Å². The van der Waals surface area contributed by atoms with Crippen molar-refractivity contribution in [3.63, 3.8) is 0 Å². The van der Waals surface area contributed by atoms with E-state index in [1.54, 1.807) is 147 Å². The summed E-state index contributed by atoms with van der Waals surface area (Å²) in [4.78, 5) is 0.860. The summed E-state index contributed by atoms with van der Waals surface area (Å²) in [5, 5.41) is 2.87. The SMILES string of the molecule is C=CS(=O)(=O)c1ccc(C)cc1.C=CS(=O)(=O)c1ccc(C)cc1.C=CS(=O)(=O)c1cccc(C)c1.COc1cc(C)c(C)cc1C.COc1cc(C)c(OC)cc1C.COc1cc(C)ccc1C.COc1ccc(C)cc1C.Cc1ccc(C)c(S(=O)(=O)O)c1.Cc1ccc(C)cc1.Cc1ccc(S(=O)(=O)O)c(C)c1.Cc1cccc(C)c1.O=S(=O)=O. The van der Waals surface area contributed by atoms with Crippen molar-refractivity contribution in [2.45, 2.75) is 163 Å². The largest absolute Gasteiger partial charge is 0.496 e. The Labute approximate surface area is 735 Å². The summed E-state index contributed by atoms with van der Waals surface area (Å²) in [6.45, 7) is 49.2. The molecule has 11 aromatic carbocycles. The van der Waals surface area contributed by atoms with Crippen molar-refractivity contribution < 1.29 is 87.5 Å². The molecular weight excluding hydrogens is 1680 g/mol. The van der Waals surface area contributed by atoms with Gasteiger partial charge in [0.2, 0.25) is 0 Å². The third kappa shape index (κ3) is 44.5. The molecule has 0 aliphatic carbocycles. The molecule has 0 aromatic heterocycles. The van der Waals surface area contributed by atoms with Crippen LogP contribution < -0.4 is 23.7 Å². The van der Waals surface area contributed by atoms with Crippen molar-refractivity contribution in [2.24, 2.45) is 0 Å². The van der Waals surface area contributed by atoms with E-state index in [0.717, 1.165) is 83.9 Å². The lowest BCUT2D eigenvalue weighted by molar-refractivity contribution is 0.398. The van der Waals surface area contributed by atoms with Crippen LogP contribution in [0.5, 0.6) is 28.7 Å². The first-order chi connectivity index (χ1) is 57.1. The van der Waals surface area contributed by atoms with Gasteiger partial charge in [-0.15, -0.1) is 12.6 Å². The van der Waals surface area contributed by atoms with Gasteiger partial charge in [0.05, 0.1) is 60.0 Å². The smallest absolute Gasteiger partial charge is 0.425 e. The fourth-order valence-corrected chi connectivity index (χ4v) is 14.1. The van der Waals surface area contributed by atoms with Gasteiger partial charge in [-0.25, -0.2) is 25.3 Å². The summed E-state index contributed by atoms with van der Waals surface area (Å²) in [6, 6.07) is 67.2. The zero-order valence-electron chi connectivity index (χ0n) is 75.3. The van der Waals surface area contributed by atoms with Gasteiger partial charge in [0, 0.05) is 16.2 Å². The van der Waals surface area contributed by atoms with Crippen LogP contribution in [0.4, 0.5) is 0 Å². The van der Waals surface area contributed by atoms with Crippen LogP contribution in [0.15, 0.2) is 279 Å². The zero-order chi connectivity index (χ0) is 94.5. The molecule has 11 aromatic rings. The fourth-order valence-electron chi connectivity index (χ4n) is 10.4. The molecule has 0 saturated heterocycles. The van der Waals surface area contributed by atoms with Crippen molar-refractivity contribution in [3.05, 3.63) is 366 Å². The maximum Gasteiger partial charge on any atom is 0.425 e. The first-order valence-electron chi connectivity index (χ1n) is 37.9. The first kappa shape index (κ1) is 112. The molecule has 11 rings (SSSR count). The molecule has 0 atom stereocenters. The summed E-state index contributed by atoms with van der Waals surface area (Å²) < 4.78 is 179. The van der Waals surface area contributed by atoms with Gasteiger partial charge < -0.3 is 23.7 Å². The number of sulfone groups is 3.